The first kappa shape index (κ1) is 14.4. The standard InChI is InChI=1S/C15H21N7O/c1-11-9-13(22-15(19-11)17-10-18-22)20-5-7-21(8-6-20)14(23)12-3-2-4-16-12/h9-10,12,16H,2-8H2,1H3. The smallest absolute Gasteiger partial charge is 0.254 e. The number of carbonyl (C=O) groups is 1. The maximum atomic E-state index is 12.5. The first-order chi connectivity index (χ1) is 11.2. The lowest BCUT2D eigenvalue weighted by atomic mass is 10.2. The quantitative estimate of drug-likeness (QED) is 0.829. The van der Waals surface area contributed by atoms with Crippen molar-refractivity contribution in [1.29, 1.82) is 0 Å². The molecule has 0 radical (unpaired) electrons. The second-order valence-corrected chi connectivity index (χ2v) is 6.19. The Hall–Kier alpha value is -2.22. The summed E-state index contributed by atoms with van der Waals surface area (Å²) in [6.07, 6.45) is 3.58. The highest BCUT2D eigenvalue weighted by Gasteiger charge is 2.29. The van der Waals surface area contributed by atoms with Gasteiger partial charge >= 0.3 is 0 Å². The van der Waals surface area contributed by atoms with E-state index < -0.39 is 0 Å². The van der Waals surface area contributed by atoms with Gasteiger partial charge in [0.15, 0.2) is 0 Å². The third kappa shape index (κ3) is 2.63. The molecular weight excluding hydrogens is 294 g/mol. The van der Waals surface area contributed by atoms with Crippen LogP contribution in [0.2, 0.25) is 0 Å². The molecule has 2 aromatic heterocycles. The number of fused-ring (bicyclic) bond motifs is 1. The van der Waals surface area contributed by atoms with Crippen molar-refractivity contribution in [1.82, 2.24) is 29.8 Å². The molecule has 8 heteroatoms. The normalized spacial score (nSPS) is 22.0. The summed E-state index contributed by atoms with van der Waals surface area (Å²) in [6.45, 7) is 6.01. The fourth-order valence-electron chi connectivity index (χ4n) is 3.41. The van der Waals surface area contributed by atoms with Crippen LogP contribution in [0.5, 0.6) is 0 Å². The molecule has 0 aromatic carbocycles. The molecule has 2 aromatic rings. The Kier molecular flexibility index (Phi) is 3.60. The van der Waals surface area contributed by atoms with E-state index in [1.807, 2.05) is 17.9 Å². The molecule has 2 saturated heterocycles. The van der Waals surface area contributed by atoms with Crippen LogP contribution in [0.25, 0.3) is 5.78 Å². The fraction of sp³-hybridized carbons (Fsp3) is 0.600. The lowest BCUT2D eigenvalue weighted by molar-refractivity contribution is -0.133. The average Bonchev–Trinajstić information content (AvgIpc) is 3.25. The van der Waals surface area contributed by atoms with Gasteiger partial charge in [-0.3, -0.25) is 4.79 Å². The first-order valence-corrected chi connectivity index (χ1v) is 8.17. The van der Waals surface area contributed by atoms with E-state index in [9.17, 15) is 4.79 Å². The van der Waals surface area contributed by atoms with Crippen LogP contribution in [-0.4, -0.2) is 69.2 Å². The fourth-order valence-corrected chi connectivity index (χ4v) is 3.41. The number of piperazine rings is 1. The van der Waals surface area contributed by atoms with Gasteiger partial charge in [0.05, 0.1) is 6.04 Å². The van der Waals surface area contributed by atoms with Gasteiger partial charge < -0.3 is 15.1 Å². The molecule has 2 aliphatic rings. The van der Waals surface area contributed by atoms with Crippen LogP contribution in [0.3, 0.4) is 0 Å². The van der Waals surface area contributed by atoms with Crippen molar-refractivity contribution in [2.24, 2.45) is 0 Å². The number of nitrogens with zero attached hydrogens (tertiary/aromatic N) is 6. The van der Waals surface area contributed by atoms with Gasteiger partial charge in [0.1, 0.15) is 12.1 Å². The highest BCUT2D eigenvalue weighted by atomic mass is 16.2. The van der Waals surface area contributed by atoms with Crippen molar-refractivity contribution < 1.29 is 4.79 Å². The zero-order valence-corrected chi connectivity index (χ0v) is 13.3. The monoisotopic (exact) mass is 315 g/mol. The summed E-state index contributed by atoms with van der Waals surface area (Å²) in [4.78, 5) is 25.3. The molecule has 2 fully saturated rings. The molecule has 4 rings (SSSR count). The number of amides is 1. The third-order valence-electron chi connectivity index (χ3n) is 4.63. The predicted octanol–water partition coefficient (Wildman–Crippen LogP) is -0.167. The highest BCUT2D eigenvalue weighted by molar-refractivity contribution is 5.82. The Morgan fingerprint density at radius 1 is 1.30 bits per heavy atom. The summed E-state index contributed by atoms with van der Waals surface area (Å²) >= 11 is 0. The summed E-state index contributed by atoms with van der Waals surface area (Å²) < 4.78 is 1.77. The number of hydrogen-bond donors (Lipinski definition) is 1. The van der Waals surface area contributed by atoms with Crippen molar-refractivity contribution >= 4 is 17.5 Å². The first-order valence-electron chi connectivity index (χ1n) is 8.17. The van der Waals surface area contributed by atoms with E-state index in [0.29, 0.717) is 5.78 Å². The molecule has 0 bridgehead atoms. The summed E-state index contributed by atoms with van der Waals surface area (Å²) in [5.74, 6) is 1.86. The van der Waals surface area contributed by atoms with E-state index in [4.69, 9.17) is 0 Å². The van der Waals surface area contributed by atoms with Crippen LogP contribution in [0, 0.1) is 6.92 Å². The van der Waals surface area contributed by atoms with Gasteiger partial charge in [0.25, 0.3) is 5.78 Å². The SMILES string of the molecule is Cc1cc(N2CCN(C(=O)C3CCCN3)CC2)n2ncnc2n1. The van der Waals surface area contributed by atoms with Crippen molar-refractivity contribution in [3.63, 3.8) is 0 Å². The van der Waals surface area contributed by atoms with Gasteiger partial charge in [-0.15, -0.1) is 0 Å². The van der Waals surface area contributed by atoms with Gasteiger partial charge in [0.2, 0.25) is 5.91 Å². The molecule has 1 unspecified atom stereocenters. The molecule has 0 saturated carbocycles. The van der Waals surface area contributed by atoms with Crippen LogP contribution in [0.1, 0.15) is 18.5 Å². The minimum absolute atomic E-state index is 0.0201. The second kappa shape index (κ2) is 5.77. The molecule has 2 aliphatic heterocycles. The van der Waals surface area contributed by atoms with E-state index in [2.05, 4.69) is 25.3 Å². The Balaban J connectivity index is 1.48. The number of rotatable bonds is 2. The second-order valence-electron chi connectivity index (χ2n) is 6.19. The Morgan fingerprint density at radius 3 is 2.87 bits per heavy atom. The van der Waals surface area contributed by atoms with Gasteiger partial charge in [-0.2, -0.15) is 14.6 Å². The maximum absolute atomic E-state index is 12.5. The molecule has 122 valence electrons. The van der Waals surface area contributed by atoms with Crippen LogP contribution < -0.4 is 10.2 Å². The highest BCUT2D eigenvalue weighted by Crippen LogP contribution is 2.19. The molecule has 0 spiro atoms. The molecule has 1 amide bonds. The van der Waals surface area contributed by atoms with Crippen LogP contribution in [0.4, 0.5) is 5.82 Å². The number of aryl methyl sites for hydroxylation is 1. The predicted molar refractivity (Wildman–Crippen MR) is 85.3 cm³/mol. The van der Waals surface area contributed by atoms with E-state index >= 15 is 0 Å². The summed E-state index contributed by atoms with van der Waals surface area (Å²) in [5, 5.41) is 7.55. The zero-order valence-electron chi connectivity index (χ0n) is 13.3. The van der Waals surface area contributed by atoms with E-state index in [-0.39, 0.29) is 11.9 Å². The Bertz CT molecular complexity index is 714. The van der Waals surface area contributed by atoms with Gasteiger partial charge in [-0.1, -0.05) is 0 Å². The van der Waals surface area contributed by atoms with Crippen LogP contribution in [-0.2, 0) is 4.79 Å². The van der Waals surface area contributed by atoms with E-state index in [1.54, 1.807) is 4.52 Å². The molecule has 4 heterocycles. The number of nitrogens with one attached hydrogen (secondary N) is 1. The Morgan fingerprint density at radius 2 is 2.13 bits per heavy atom. The van der Waals surface area contributed by atoms with Crippen LogP contribution >= 0.6 is 0 Å². The molecule has 0 aliphatic carbocycles. The minimum Gasteiger partial charge on any atom is -0.353 e. The molecule has 23 heavy (non-hydrogen) atoms. The number of anilines is 1. The number of carbonyl (C=O) groups excluding carboxylic acids is 1. The largest absolute Gasteiger partial charge is 0.353 e. The molecule has 8 nitrogen and oxygen atoms in total. The summed E-state index contributed by atoms with van der Waals surface area (Å²) in [7, 11) is 0. The third-order valence-corrected chi connectivity index (χ3v) is 4.63. The Labute approximate surface area is 134 Å². The number of aromatic nitrogens is 4. The van der Waals surface area contributed by atoms with Crippen molar-refractivity contribution in [2.75, 3.05) is 37.6 Å². The number of hydrogen-bond acceptors (Lipinski definition) is 6. The van der Waals surface area contributed by atoms with Crippen LogP contribution in [0.15, 0.2) is 12.4 Å². The van der Waals surface area contributed by atoms with E-state index in [1.165, 1.54) is 6.33 Å². The topological polar surface area (TPSA) is 78.7 Å². The lowest BCUT2D eigenvalue weighted by Gasteiger charge is -2.37. The molecular formula is C15H21N7O. The van der Waals surface area contributed by atoms with Gasteiger partial charge in [0, 0.05) is 37.9 Å². The van der Waals surface area contributed by atoms with Gasteiger partial charge in [-0.05, 0) is 26.3 Å². The van der Waals surface area contributed by atoms with E-state index in [0.717, 1.165) is 57.1 Å². The van der Waals surface area contributed by atoms with Crippen molar-refractivity contribution in [2.45, 2.75) is 25.8 Å². The van der Waals surface area contributed by atoms with Crippen molar-refractivity contribution in [3.05, 3.63) is 18.1 Å². The maximum Gasteiger partial charge on any atom is 0.254 e. The lowest BCUT2D eigenvalue weighted by Crippen LogP contribution is -2.53. The molecule has 1 N–H and O–H groups in total. The zero-order chi connectivity index (χ0) is 15.8. The van der Waals surface area contributed by atoms with Crippen molar-refractivity contribution in [3.8, 4) is 0 Å². The van der Waals surface area contributed by atoms with Gasteiger partial charge in [-0.25, -0.2) is 4.98 Å². The summed E-state index contributed by atoms with van der Waals surface area (Å²) in [6, 6.07) is 2.05. The molecule has 1 atom stereocenters. The average molecular weight is 315 g/mol. The minimum atomic E-state index is 0.0201. The summed E-state index contributed by atoms with van der Waals surface area (Å²) in [5.41, 5.74) is 0.925.